The minimum Gasteiger partial charge on any atom is -0.480 e. The van der Waals surface area contributed by atoms with Crippen molar-refractivity contribution in [2.75, 3.05) is 0 Å². The molecule has 0 radical (unpaired) electrons. The van der Waals surface area contributed by atoms with Gasteiger partial charge in [-0.25, -0.2) is 4.79 Å². The minimum absolute atomic E-state index is 0.213. The van der Waals surface area contributed by atoms with Crippen molar-refractivity contribution < 1.29 is 14.7 Å². The summed E-state index contributed by atoms with van der Waals surface area (Å²) in [6, 6.07) is 16.0. The number of carboxylic acids is 1. The summed E-state index contributed by atoms with van der Waals surface area (Å²) in [5.41, 5.74) is 2.67. The smallest absolute Gasteiger partial charge is 0.326 e. The van der Waals surface area contributed by atoms with Gasteiger partial charge in [0.25, 0.3) is 0 Å². The predicted molar refractivity (Wildman–Crippen MR) is 97.0 cm³/mol. The molecule has 25 heavy (non-hydrogen) atoms. The molecule has 3 N–H and O–H groups in total. The Bertz CT molecular complexity index is 913. The minimum atomic E-state index is -1.06. The molecule has 0 saturated heterocycles. The number of fused-ring (bicyclic) bond motifs is 1. The van der Waals surface area contributed by atoms with Crippen molar-refractivity contribution in [2.45, 2.75) is 12.5 Å². The molecule has 0 spiro atoms. The maximum atomic E-state index is 12.1. The standard InChI is InChI=1S/C20H18N2O3/c23-19(11-10-14-6-2-1-3-7-14)22-18(20(24)25)12-15-13-21-17-9-5-4-8-16(15)17/h1-11,13,18,21H,12H2,(H,22,23)(H,24,25). The first-order valence-electron chi connectivity index (χ1n) is 7.95. The number of carbonyl (C=O) groups is 2. The van der Waals surface area contributed by atoms with E-state index in [0.717, 1.165) is 22.0 Å². The molecule has 1 aromatic heterocycles. The first kappa shape index (κ1) is 16.5. The van der Waals surface area contributed by atoms with Crippen LogP contribution >= 0.6 is 0 Å². The number of hydrogen-bond donors (Lipinski definition) is 3. The molecule has 1 unspecified atom stereocenters. The maximum Gasteiger partial charge on any atom is 0.326 e. The fraction of sp³-hybridized carbons (Fsp3) is 0.100. The Hall–Kier alpha value is -3.34. The number of para-hydroxylation sites is 1. The second-order valence-corrected chi connectivity index (χ2v) is 5.71. The number of nitrogens with one attached hydrogen (secondary N) is 2. The molecule has 0 fully saturated rings. The second kappa shape index (κ2) is 7.49. The van der Waals surface area contributed by atoms with E-state index in [1.807, 2.05) is 54.6 Å². The van der Waals surface area contributed by atoms with E-state index in [1.165, 1.54) is 6.08 Å². The summed E-state index contributed by atoms with van der Waals surface area (Å²) in [6.07, 6.45) is 5.00. The number of carboxylic acid groups (broad SMARTS) is 1. The van der Waals surface area contributed by atoms with E-state index in [0.29, 0.717) is 0 Å². The number of H-pyrrole nitrogens is 1. The maximum absolute atomic E-state index is 12.1. The molecule has 1 atom stereocenters. The van der Waals surface area contributed by atoms with Crippen molar-refractivity contribution >= 4 is 28.9 Å². The number of hydrogen-bond acceptors (Lipinski definition) is 2. The van der Waals surface area contributed by atoms with Crippen LogP contribution in [-0.4, -0.2) is 28.0 Å². The van der Waals surface area contributed by atoms with Crippen LogP contribution in [-0.2, 0) is 16.0 Å². The van der Waals surface area contributed by atoms with Crippen molar-refractivity contribution in [3.8, 4) is 0 Å². The molecule has 126 valence electrons. The lowest BCUT2D eigenvalue weighted by atomic mass is 10.0. The number of benzene rings is 2. The highest BCUT2D eigenvalue weighted by Crippen LogP contribution is 2.19. The number of aromatic nitrogens is 1. The van der Waals surface area contributed by atoms with Crippen LogP contribution < -0.4 is 5.32 Å². The van der Waals surface area contributed by atoms with Crippen LogP contribution in [0.15, 0.2) is 66.9 Å². The molecular formula is C20H18N2O3. The number of carbonyl (C=O) groups excluding carboxylic acids is 1. The van der Waals surface area contributed by atoms with E-state index in [9.17, 15) is 14.7 Å². The quantitative estimate of drug-likeness (QED) is 0.606. The van der Waals surface area contributed by atoms with E-state index in [4.69, 9.17) is 0 Å². The van der Waals surface area contributed by atoms with Gasteiger partial charge in [-0.15, -0.1) is 0 Å². The second-order valence-electron chi connectivity index (χ2n) is 5.71. The summed E-state index contributed by atoms with van der Waals surface area (Å²) < 4.78 is 0. The van der Waals surface area contributed by atoms with Gasteiger partial charge < -0.3 is 15.4 Å². The summed E-state index contributed by atoms with van der Waals surface area (Å²) in [4.78, 5) is 26.7. The van der Waals surface area contributed by atoms with Crippen LogP contribution in [0.4, 0.5) is 0 Å². The Morgan fingerprint density at radius 3 is 2.56 bits per heavy atom. The number of aliphatic carboxylic acids is 1. The molecule has 3 rings (SSSR count). The summed E-state index contributed by atoms with van der Waals surface area (Å²) >= 11 is 0. The van der Waals surface area contributed by atoms with Crippen molar-refractivity contribution in [2.24, 2.45) is 0 Å². The molecule has 0 bridgehead atoms. The molecule has 5 nitrogen and oxygen atoms in total. The van der Waals surface area contributed by atoms with Crippen molar-refractivity contribution in [3.05, 3.63) is 78.0 Å². The van der Waals surface area contributed by atoms with Gasteiger partial charge >= 0.3 is 5.97 Å². The fourth-order valence-electron chi connectivity index (χ4n) is 2.68. The fourth-order valence-corrected chi connectivity index (χ4v) is 2.68. The van der Waals surface area contributed by atoms with E-state index in [1.54, 1.807) is 12.3 Å². The number of aromatic amines is 1. The van der Waals surface area contributed by atoms with Gasteiger partial charge in [-0.05, 0) is 23.3 Å². The molecule has 0 aliphatic heterocycles. The van der Waals surface area contributed by atoms with Gasteiger partial charge in [0.1, 0.15) is 6.04 Å². The van der Waals surface area contributed by atoms with E-state index < -0.39 is 17.9 Å². The topological polar surface area (TPSA) is 82.2 Å². The van der Waals surface area contributed by atoms with Crippen LogP contribution in [0.2, 0.25) is 0 Å². The largest absolute Gasteiger partial charge is 0.480 e. The Kier molecular flexibility index (Phi) is 4.95. The first-order valence-corrected chi connectivity index (χ1v) is 7.95. The first-order chi connectivity index (χ1) is 12.1. The van der Waals surface area contributed by atoms with Crippen molar-refractivity contribution in [1.82, 2.24) is 10.3 Å². The normalized spacial score (nSPS) is 12.3. The molecule has 0 aliphatic carbocycles. The highest BCUT2D eigenvalue weighted by molar-refractivity contribution is 5.94. The third-order valence-corrected chi connectivity index (χ3v) is 3.94. The highest BCUT2D eigenvalue weighted by atomic mass is 16.4. The van der Waals surface area contributed by atoms with Gasteiger partial charge in [-0.1, -0.05) is 48.5 Å². The van der Waals surface area contributed by atoms with Crippen LogP contribution in [0.25, 0.3) is 17.0 Å². The highest BCUT2D eigenvalue weighted by Gasteiger charge is 2.20. The average Bonchev–Trinajstić information content (AvgIpc) is 3.03. The van der Waals surface area contributed by atoms with Crippen LogP contribution in [0, 0.1) is 0 Å². The molecule has 0 aliphatic rings. The van der Waals surface area contributed by atoms with Crippen molar-refractivity contribution in [3.63, 3.8) is 0 Å². The SMILES string of the molecule is O=C(C=Cc1ccccc1)NC(Cc1c[nH]c2ccccc12)C(=O)O. The molecule has 1 amide bonds. The molecule has 5 heteroatoms. The summed E-state index contributed by atoms with van der Waals surface area (Å²) in [6.45, 7) is 0. The van der Waals surface area contributed by atoms with Crippen molar-refractivity contribution in [1.29, 1.82) is 0 Å². The zero-order valence-electron chi connectivity index (χ0n) is 13.5. The van der Waals surface area contributed by atoms with Crippen LogP contribution in [0.5, 0.6) is 0 Å². The molecular weight excluding hydrogens is 316 g/mol. The van der Waals surface area contributed by atoms with Gasteiger partial charge in [-0.2, -0.15) is 0 Å². The third kappa shape index (κ3) is 4.14. The number of amides is 1. The van der Waals surface area contributed by atoms with Gasteiger partial charge in [0, 0.05) is 29.6 Å². The summed E-state index contributed by atoms with van der Waals surface area (Å²) in [7, 11) is 0. The lowest BCUT2D eigenvalue weighted by molar-refractivity contribution is -0.141. The van der Waals surface area contributed by atoms with Crippen LogP contribution in [0.3, 0.4) is 0 Å². The Morgan fingerprint density at radius 2 is 1.80 bits per heavy atom. The molecule has 3 aromatic rings. The van der Waals surface area contributed by atoms with E-state index in [-0.39, 0.29) is 6.42 Å². The summed E-state index contributed by atoms with van der Waals surface area (Å²) in [5.74, 6) is -1.50. The Morgan fingerprint density at radius 1 is 1.08 bits per heavy atom. The zero-order chi connectivity index (χ0) is 17.6. The lowest BCUT2D eigenvalue weighted by Crippen LogP contribution is -2.41. The zero-order valence-corrected chi connectivity index (χ0v) is 13.5. The van der Waals surface area contributed by atoms with Gasteiger partial charge in [0.05, 0.1) is 0 Å². The third-order valence-electron chi connectivity index (χ3n) is 3.94. The monoisotopic (exact) mass is 334 g/mol. The summed E-state index contributed by atoms with van der Waals surface area (Å²) in [5, 5.41) is 12.9. The van der Waals surface area contributed by atoms with Gasteiger partial charge in [-0.3, -0.25) is 4.79 Å². The van der Waals surface area contributed by atoms with E-state index >= 15 is 0 Å². The molecule has 2 aromatic carbocycles. The average molecular weight is 334 g/mol. The number of rotatable bonds is 6. The Balaban J connectivity index is 1.70. The van der Waals surface area contributed by atoms with E-state index in [2.05, 4.69) is 10.3 Å². The molecule has 1 heterocycles. The van der Waals surface area contributed by atoms with Crippen LogP contribution in [0.1, 0.15) is 11.1 Å². The Labute approximate surface area is 145 Å². The lowest BCUT2D eigenvalue weighted by Gasteiger charge is -2.12. The predicted octanol–water partition coefficient (Wildman–Crippen LogP) is 2.99. The molecule has 0 saturated carbocycles. The van der Waals surface area contributed by atoms with Gasteiger partial charge in [0.15, 0.2) is 0 Å². The van der Waals surface area contributed by atoms with Gasteiger partial charge in [0.2, 0.25) is 5.91 Å².